The van der Waals surface area contributed by atoms with Gasteiger partial charge < -0.3 is 5.32 Å². The Morgan fingerprint density at radius 3 is 2.84 bits per heavy atom. The molecule has 0 aromatic carbocycles. The SMILES string of the molecule is CNc1ncc([N+](=O)[O-])c(Sc2n[nH]c(=O)n2C)n1. The molecule has 2 rings (SSSR count). The summed E-state index contributed by atoms with van der Waals surface area (Å²) >= 11 is 0.907. The molecule has 0 radical (unpaired) electrons. The zero-order valence-corrected chi connectivity index (χ0v) is 10.8. The molecule has 19 heavy (non-hydrogen) atoms. The van der Waals surface area contributed by atoms with Gasteiger partial charge in [-0.05, 0) is 11.8 Å². The Balaban J connectivity index is 2.45. The van der Waals surface area contributed by atoms with Crippen molar-refractivity contribution in [1.29, 1.82) is 0 Å². The summed E-state index contributed by atoms with van der Waals surface area (Å²) in [5, 5.41) is 19.9. The summed E-state index contributed by atoms with van der Waals surface area (Å²) in [7, 11) is 3.10. The van der Waals surface area contributed by atoms with E-state index in [1.54, 1.807) is 7.05 Å². The predicted molar refractivity (Wildman–Crippen MR) is 66.2 cm³/mol. The van der Waals surface area contributed by atoms with E-state index in [2.05, 4.69) is 25.5 Å². The molecule has 11 heteroatoms. The lowest BCUT2D eigenvalue weighted by atomic mass is 10.5. The minimum Gasteiger partial charge on any atom is -0.357 e. The first kappa shape index (κ1) is 13.0. The van der Waals surface area contributed by atoms with Crippen LogP contribution < -0.4 is 11.0 Å². The molecular formula is C8H9N7O3S. The van der Waals surface area contributed by atoms with Gasteiger partial charge in [-0.25, -0.2) is 14.9 Å². The van der Waals surface area contributed by atoms with Gasteiger partial charge in [-0.1, -0.05) is 0 Å². The molecule has 10 nitrogen and oxygen atoms in total. The highest BCUT2D eigenvalue weighted by Gasteiger charge is 2.20. The Morgan fingerprint density at radius 1 is 1.58 bits per heavy atom. The second-order valence-electron chi connectivity index (χ2n) is 3.36. The summed E-state index contributed by atoms with van der Waals surface area (Å²) in [6.07, 6.45) is 1.10. The van der Waals surface area contributed by atoms with Crippen molar-refractivity contribution in [3.8, 4) is 0 Å². The quantitative estimate of drug-likeness (QED) is 0.455. The topological polar surface area (TPSA) is 132 Å². The molecule has 2 aromatic heterocycles. The predicted octanol–water partition coefficient (Wildman–Crippen LogP) is -0.000500. The lowest BCUT2D eigenvalue weighted by Crippen LogP contribution is -2.13. The fourth-order valence-corrected chi connectivity index (χ4v) is 2.04. The van der Waals surface area contributed by atoms with Gasteiger partial charge >= 0.3 is 11.4 Å². The first-order valence-corrected chi connectivity index (χ1v) is 5.83. The number of aromatic nitrogens is 5. The van der Waals surface area contributed by atoms with E-state index in [9.17, 15) is 14.9 Å². The Labute approximate surface area is 110 Å². The Morgan fingerprint density at radius 2 is 2.32 bits per heavy atom. The van der Waals surface area contributed by atoms with Crippen LogP contribution in [0.2, 0.25) is 0 Å². The van der Waals surface area contributed by atoms with Crippen molar-refractivity contribution in [2.75, 3.05) is 12.4 Å². The second-order valence-corrected chi connectivity index (χ2v) is 4.32. The highest BCUT2D eigenvalue weighted by molar-refractivity contribution is 7.99. The Hall–Kier alpha value is -2.43. The van der Waals surface area contributed by atoms with E-state index < -0.39 is 10.6 Å². The standard InChI is InChI=1S/C8H9N7O3S/c1-9-6-10-3-4(15(17)18)5(11-6)19-8-13-12-7(16)14(8)2/h3H,1-2H3,(H,12,16)(H,9,10,11). The van der Waals surface area contributed by atoms with E-state index in [4.69, 9.17) is 0 Å². The number of nitrogens with one attached hydrogen (secondary N) is 2. The van der Waals surface area contributed by atoms with Crippen LogP contribution in [-0.2, 0) is 7.05 Å². The maximum Gasteiger partial charge on any atom is 0.343 e. The van der Waals surface area contributed by atoms with Crippen molar-refractivity contribution in [2.24, 2.45) is 7.05 Å². The van der Waals surface area contributed by atoms with Crippen LogP contribution in [-0.4, -0.2) is 36.7 Å². The smallest absolute Gasteiger partial charge is 0.343 e. The lowest BCUT2D eigenvalue weighted by molar-refractivity contribution is -0.388. The second kappa shape index (κ2) is 5.06. The van der Waals surface area contributed by atoms with Gasteiger partial charge in [0.25, 0.3) is 0 Å². The van der Waals surface area contributed by atoms with Gasteiger partial charge in [0, 0.05) is 14.1 Å². The molecular weight excluding hydrogens is 274 g/mol. The summed E-state index contributed by atoms with van der Waals surface area (Å²) in [6, 6.07) is 0. The Kier molecular flexibility index (Phi) is 3.46. The molecule has 0 aliphatic carbocycles. The molecule has 2 N–H and O–H groups in total. The third-order valence-corrected chi connectivity index (χ3v) is 3.22. The average molecular weight is 283 g/mol. The van der Waals surface area contributed by atoms with Crippen LogP contribution in [0.1, 0.15) is 0 Å². The summed E-state index contributed by atoms with van der Waals surface area (Å²) < 4.78 is 1.23. The van der Waals surface area contributed by atoms with Crippen molar-refractivity contribution in [1.82, 2.24) is 24.7 Å². The van der Waals surface area contributed by atoms with Gasteiger partial charge in [0.15, 0.2) is 10.2 Å². The largest absolute Gasteiger partial charge is 0.357 e. The van der Waals surface area contributed by atoms with Crippen molar-refractivity contribution < 1.29 is 4.92 Å². The molecule has 2 heterocycles. The summed E-state index contributed by atoms with van der Waals surface area (Å²) in [5.41, 5.74) is -0.660. The fraction of sp³-hybridized carbons (Fsp3) is 0.250. The molecule has 0 amide bonds. The zero-order valence-electron chi connectivity index (χ0n) is 9.95. The van der Waals surface area contributed by atoms with Crippen LogP contribution in [0, 0.1) is 10.1 Å². The van der Waals surface area contributed by atoms with Crippen molar-refractivity contribution in [3.63, 3.8) is 0 Å². The monoisotopic (exact) mass is 283 g/mol. The number of rotatable bonds is 4. The molecule has 0 atom stereocenters. The summed E-state index contributed by atoms with van der Waals surface area (Å²) in [5.74, 6) is 0.244. The number of nitrogens with zero attached hydrogens (tertiary/aromatic N) is 5. The summed E-state index contributed by atoms with van der Waals surface area (Å²) in [4.78, 5) is 29.3. The van der Waals surface area contributed by atoms with Crippen LogP contribution >= 0.6 is 11.8 Å². The first-order chi connectivity index (χ1) is 9.02. The molecule has 0 bridgehead atoms. The van der Waals surface area contributed by atoms with E-state index in [1.165, 1.54) is 11.6 Å². The minimum absolute atomic E-state index is 0.103. The molecule has 0 aliphatic heterocycles. The highest BCUT2D eigenvalue weighted by Crippen LogP contribution is 2.31. The van der Waals surface area contributed by atoms with Crippen LogP contribution in [0.25, 0.3) is 0 Å². The van der Waals surface area contributed by atoms with Crippen LogP contribution in [0.3, 0.4) is 0 Å². The molecule has 0 saturated heterocycles. The third kappa shape index (κ3) is 2.54. The number of aromatic amines is 1. The maximum absolute atomic E-state index is 11.2. The minimum atomic E-state index is -0.591. The molecule has 0 aliphatic rings. The first-order valence-electron chi connectivity index (χ1n) is 5.01. The highest BCUT2D eigenvalue weighted by atomic mass is 32.2. The number of nitro groups is 1. The van der Waals surface area contributed by atoms with Gasteiger partial charge in [0.05, 0.1) is 4.92 Å². The van der Waals surface area contributed by atoms with E-state index >= 15 is 0 Å². The van der Waals surface area contributed by atoms with Gasteiger partial charge in [-0.15, -0.1) is 5.10 Å². The van der Waals surface area contributed by atoms with E-state index in [1.807, 2.05) is 0 Å². The average Bonchev–Trinajstić information content (AvgIpc) is 2.70. The van der Waals surface area contributed by atoms with E-state index in [-0.39, 0.29) is 21.8 Å². The zero-order chi connectivity index (χ0) is 14.0. The van der Waals surface area contributed by atoms with Gasteiger partial charge in [-0.2, -0.15) is 4.98 Å². The number of hydrogen-bond donors (Lipinski definition) is 2. The number of hydrogen-bond acceptors (Lipinski definition) is 8. The molecule has 0 unspecified atom stereocenters. The van der Waals surface area contributed by atoms with Gasteiger partial charge in [-0.3, -0.25) is 14.7 Å². The van der Waals surface area contributed by atoms with Crippen molar-refractivity contribution in [2.45, 2.75) is 10.2 Å². The van der Waals surface area contributed by atoms with Crippen LogP contribution in [0.15, 0.2) is 21.2 Å². The number of H-pyrrole nitrogens is 1. The van der Waals surface area contributed by atoms with Crippen molar-refractivity contribution >= 4 is 23.4 Å². The number of anilines is 1. The molecule has 0 fully saturated rings. The molecule has 100 valence electrons. The summed E-state index contributed by atoms with van der Waals surface area (Å²) in [6.45, 7) is 0. The van der Waals surface area contributed by atoms with Crippen molar-refractivity contribution in [3.05, 3.63) is 26.8 Å². The Bertz CT molecular complexity index is 679. The van der Waals surface area contributed by atoms with Gasteiger partial charge in [0.1, 0.15) is 6.20 Å². The van der Waals surface area contributed by atoms with Crippen LogP contribution in [0.5, 0.6) is 0 Å². The lowest BCUT2D eigenvalue weighted by Gasteiger charge is -2.03. The normalized spacial score (nSPS) is 10.4. The fourth-order valence-electron chi connectivity index (χ4n) is 1.19. The van der Waals surface area contributed by atoms with E-state index in [0.29, 0.717) is 0 Å². The van der Waals surface area contributed by atoms with E-state index in [0.717, 1.165) is 18.0 Å². The third-order valence-electron chi connectivity index (χ3n) is 2.18. The van der Waals surface area contributed by atoms with Crippen LogP contribution in [0.4, 0.5) is 11.6 Å². The molecule has 2 aromatic rings. The molecule has 0 saturated carbocycles. The van der Waals surface area contributed by atoms with Gasteiger partial charge in [0.2, 0.25) is 5.95 Å². The maximum atomic E-state index is 11.2. The molecule has 0 spiro atoms.